The largest absolute Gasteiger partial charge is 0.447 e. The highest BCUT2D eigenvalue weighted by atomic mass is 19.4. The van der Waals surface area contributed by atoms with Crippen LogP contribution in [0, 0.1) is 0 Å². The van der Waals surface area contributed by atoms with Crippen molar-refractivity contribution in [2.45, 2.75) is 50.6 Å². The number of carbonyl (C=O) groups excluding carboxylic acids is 1. The zero-order valence-corrected chi connectivity index (χ0v) is 14.7. The number of rotatable bonds is 5. The molecule has 1 N–H and O–H groups in total. The lowest BCUT2D eigenvalue weighted by atomic mass is 10.1. The van der Waals surface area contributed by atoms with Gasteiger partial charge in [-0.3, -0.25) is 4.68 Å². The van der Waals surface area contributed by atoms with Crippen LogP contribution in [0.15, 0.2) is 30.3 Å². The summed E-state index contributed by atoms with van der Waals surface area (Å²) in [5.74, 6) is -5.36. The molecule has 0 fully saturated rings. The molecule has 3 rings (SSSR count). The smallest absolute Gasteiger partial charge is 0.435 e. The molecule has 5 nitrogen and oxygen atoms in total. The molecule has 0 unspecified atom stereocenters. The number of esters is 1. The second-order valence-electron chi connectivity index (χ2n) is 6.45. The average Bonchev–Trinajstić information content (AvgIpc) is 3.10. The minimum absolute atomic E-state index is 0.0819. The Kier molecular flexibility index (Phi) is 5.18. The van der Waals surface area contributed by atoms with E-state index >= 15 is 0 Å². The van der Waals surface area contributed by atoms with Crippen LogP contribution in [0.3, 0.4) is 0 Å². The Balaban J connectivity index is 2.08. The van der Waals surface area contributed by atoms with Crippen LogP contribution in [0.4, 0.5) is 22.0 Å². The molecule has 2 aromatic rings. The van der Waals surface area contributed by atoms with Crippen LogP contribution in [-0.4, -0.2) is 26.8 Å². The van der Waals surface area contributed by atoms with E-state index in [2.05, 4.69) is 5.10 Å². The molecule has 1 aromatic carbocycles. The van der Waals surface area contributed by atoms with Crippen molar-refractivity contribution < 1.29 is 36.6 Å². The molecule has 0 spiro atoms. The average molecular weight is 404 g/mol. The Hall–Kier alpha value is -2.49. The zero-order valence-electron chi connectivity index (χ0n) is 14.7. The number of fused-ring (bicyclic) bond motifs is 1. The van der Waals surface area contributed by atoms with Gasteiger partial charge >= 0.3 is 18.1 Å². The summed E-state index contributed by atoms with van der Waals surface area (Å²) in [4.78, 5) is 12.2. The summed E-state index contributed by atoms with van der Waals surface area (Å²) in [6, 6.07) is 7.04. The van der Waals surface area contributed by atoms with E-state index in [-0.39, 0.29) is 12.1 Å². The van der Waals surface area contributed by atoms with Crippen molar-refractivity contribution in [2.24, 2.45) is 0 Å². The lowest BCUT2D eigenvalue weighted by Gasteiger charge is -2.23. The highest BCUT2D eigenvalue weighted by Gasteiger charge is 2.63. The number of benzene rings is 1. The molecule has 10 heteroatoms. The summed E-state index contributed by atoms with van der Waals surface area (Å²) >= 11 is 0. The summed E-state index contributed by atoms with van der Waals surface area (Å²) in [6.45, 7) is 1.69. The first-order valence-electron chi connectivity index (χ1n) is 8.58. The number of halogens is 5. The van der Waals surface area contributed by atoms with Gasteiger partial charge in [-0.15, -0.1) is 0 Å². The van der Waals surface area contributed by atoms with Gasteiger partial charge in [-0.1, -0.05) is 31.5 Å². The molecule has 0 saturated carbocycles. The van der Waals surface area contributed by atoms with Gasteiger partial charge in [0, 0.05) is 6.54 Å². The number of aliphatic hydroxyl groups is 1. The van der Waals surface area contributed by atoms with E-state index in [1.54, 1.807) is 13.0 Å². The molecule has 0 bridgehead atoms. The van der Waals surface area contributed by atoms with Crippen molar-refractivity contribution in [2.75, 3.05) is 0 Å². The molecule has 0 saturated heterocycles. The molecule has 1 heterocycles. The Morgan fingerprint density at radius 3 is 2.50 bits per heavy atom. The molecule has 0 amide bonds. The lowest BCUT2D eigenvalue weighted by molar-refractivity contribution is -0.174. The molecule has 1 aliphatic carbocycles. The SMILES string of the molecule is CCCCn1nc(C(F)(F)F)c2c1[C@H](O)C(F)(F)[C@H]2OC(=O)c1ccccc1. The van der Waals surface area contributed by atoms with Crippen LogP contribution in [0.5, 0.6) is 0 Å². The first kappa shape index (κ1) is 20.2. The van der Waals surface area contributed by atoms with Gasteiger partial charge < -0.3 is 9.84 Å². The molecule has 28 heavy (non-hydrogen) atoms. The molecule has 152 valence electrons. The number of unbranched alkanes of at least 4 members (excludes halogenated alkanes) is 1. The van der Waals surface area contributed by atoms with E-state index in [1.807, 2.05) is 0 Å². The Morgan fingerprint density at radius 1 is 1.29 bits per heavy atom. The fourth-order valence-electron chi connectivity index (χ4n) is 3.13. The van der Waals surface area contributed by atoms with Gasteiger partial charge in [0.2, 0.25) is 0 Å². The van der Waals surface area contributed by atoms with Crippen molar-refractivity contribution in [3.8, 4) is 0 Å². The van der Waals surface area contributed by atoms with Crippen LogP contribution in [0.1, 0.15) is 59.3 Å². The topological polar surface area (TPSA) is 64.3 Å². The van der Waals surface area contributed by atoms with Crippen LogP contribution in [-0.2, 0) is 17.5 Å². The maximum atomic E-state index is 14.6. The summed E-state index contributed by atoms with van der Waals surface area (Å²) in [7, 11) is 0. The van der Waals surface area contributed by atoms with E-state index in [0.29, 0.717) is 12.8 Å². The number of hydrogen-bond acceptors (Lipinski definition) is 4. The first-order valence-corrected chi connectivity index (χ1v) is 8.58. The highest BCUT2D eigenvalue weighted by Crippen LogP contribution is 2.55. The number of ether oxygens (including phenoxy) is 1. The summed E-state index contributed by atoms with van der Waals surface area (Å²) < 4.78 is 75.1. The summed E-state index contributed by atoms with van der Waals surface area (Å²) in [5.41, 5.74) is -3.35. The summed E-state index contributed by atoms with van der Waals surface area (Å²) in [6.07, 6.45) is -9.28. The van der Waals surface area contributed by atoms with E-state index in [9.17, 15) is 31.9 Å². The van der Waals surface area contributed by atoms with Gasteiger partial charge in [-0.25, -0.2) is 4.79 Å². The number of aromatic nitrogens is 2. The van der Waals surface area contributed by atoms with Gasteiger partial charge in [0.15, 0.2) is 17.9 Å². The van der Waals surface area contributed by atoms with Crippen LogP contribution >= 0.6 is 0 Å². The molecular formula is C18H17F5N2O3. The number of hydrogen-bond donors (Lipinski definition) is 1. The van der Waals surface area contributed by atoms with E-state index in [1.165, 1.54) is 24.3 Å². The number of aryl methyl sites for hydroxylation is 1. The van der Waals surface area contributed by atoms with Gasteiger partial charge in [0.25, 0.3) is 0 Å². The second kappa shape index (κ2) is 7.16. The molecule has 1 aromatic heterocycles. The van der Waals surface area contributed by atoms with Gasteiger partial charge in [-0.2, -0.15) is 27.1 Å². The maximum absolute atomic E-state index is 14.6. The Labute approximate surface area is 156 Å². The summed E-state index contributed by atoms with van der Waals surface area (Å²) in [5, 5.41) is 13.4. The highest BCUT2D eigenvalue weighted by molar-refractivity contribution is 5.89. The normalized spacial score (nSPS) is 20.8. The van der Waals surface area contributed by atoms with Crippen LogP contribution < -0.4 is 0 Å². The Morgan fingerprint density at radius 2 is 1.93 bits per heavy atom. The van der Waals surface area contributed by atoms with Gasteiger partial charge in [-0.05, 0) is 18.6 Å². The molecular weight excluding hydrogens is 387 g/mol. The number of aliphatic hydroxyl groups excluding tert-OH is 1. The monoisotopic (exact) mass is 404 g/mol. The van der Waals surface area contributed by atoms with Crippen molar-refractivity contribution in [1.82, 2.24) is 9.78 Å². The first-order chi connectivity index (χ1) is 13.1. The van der Waals surface area contributed by atoms with Crippen molar-refractivity contribution in [3.05, 3.63) is 52.8 Å². The van der Waals surface area contributed by atoms with E-state index in [4.69, 9.17) is 4.74 Å². The third-order valence-electron chi connectivity index (χ3n) is 4.49. The van der Waals surface area contributed by atoms with Gasteiger partial charge in [0.05, 0.1) is 16.8 Å². The van der Waals surface area contributed by atoms with E-state index < -0.39 is 47.2 Å². The minimum Gasteiger partial charge on any atom is -0.447 e. The number of nitrogens with zero attached hydrogens (tertiary/aromatic N) is 2. The molecule has 2 atom stereocenters. The van der Waals surface area contributed by atoms with Gasteiger partial charge in [0.1, 0.15) is 0 Å². The quantitative estimate of drug-likeness (QED) is 0.597. The second-order valence-corrected chi connectivity index (χ2v) is 6.45. The third kappa shape index (κ3) is 3.36. The number of carbonyl (C=O) groups is 1. The Bertz CT molecular complexity index is 864. The van der Waals surface area contributed by atoms with Crippen molar-refractivity contribution >= 4 is 5.97 Å². The lowest BCUT2D eigenvalue weighted by Crippen LogP contribution is -2.32. The van der Waals surface area contributed by atoms with E-state index in [0.717, 1.165) is 4.68 Å². The minimum atomic E-state index is -5.06. The third-order valence-corrected chi connectivity index (χ3v) is 4.49. The molecule has 0 radical (unpaired) electrons. The predicted octanol–water partition coefficient (Wildman–Crippen LogP) is 4.28. The fourth-order valence-corrected chi connectivity index (χ4v) is 3.13. The van der Waals surface area contributed by atoms with Crippen molar-refractivity contribution in [1.29, 1.82) is 0 Å². The van der Waals surface area contributed by atoms with Crippen LogP contribution in [0.25, 0.3) is 0 Å². The van der Waals surface area contributed by atoms with Crippen LogP contribution in [0.2, 0.25) is 0 Å². The van der Waals surface area contributed by atoms with Crippen molar-refractivity contribution in [3.63, 3.8) is 0 Å². The predicted molar refractivity (Wildman–Crippen MR) is 86.6 cm³/mol. The standard InChI is InChI=1S/C18H17F5N2O3/c1-2-3-9-25-12-11(13(24-25)18(21,22)23)15(17(19,20)14(12)26)28-16(27)10-7-5-4-6-8-10/h4-8,14-15,26H,2-3,9H2,1H3/t14-,15-/m0/s1. The number of alkyl halides is 5. The zero-order chi connectivity index (χ0) is 20.7. The molecule has 0 aliphatic heterocycles. The fraction of sp³-hybridized carbons (Fsp3) is 0.444. The maximum Gasteiger partial charge on any atom is 0.435 e. The molecule has 1 aliphatic rings.